The standard InChI is InChI=1S/C15H22O2/c1-10(6-8-14-15(3,4)17-14)12-7-5-11(2)13(16)9-12/h5,7,9-10,14,16H,6,8H2,1-4H3/t10-,14?/m1/s1. The fraction of sp³-hybridized carbons (Fsp3) is 0.600. The molecule has 0 bridgehead atoms. The van der Waals surface area contributed by atoms with Crippen LogP contribution in [0.15, 0.2) is 18.2 Å². The van der Waals surface area contributed by atoms with Gasteiger partial charge in [-0.3, -0.25) is 0 Å². The highest BCUT2D eigenvalue weighted by molar-refractivity contribution is 5.36. The molecule has 1 heterocycles. The van der Waals surface area contributed by atoms with Gasteiger partial charge in [0.15, 0.2) is 0 Å². The Morgan fingerprint density at radius 1 is 1.41 bits per heavy atom. The highest BCUT2D eigenvalue weighted by Crippen LogP contribution is 2.40. The average molecular weight is 234 g/mol. The molecule has 1 aromatic rings. The van der Waals surface area contributed by atoms with Crippen molar-refractivity contribution in [2.75, 3.05) is 0 Å². The lowest BCUT2D eigenvalue weighted by molar-refractivity contribution is 0.317. The van der Waals surface area contributed by atoms with Gasteiger partial charge < -0.3 is 9.84 Å². The molecule has 1 saturated heterocycles. The molecule has 1 aromatic carbocycles. The van der Waals surface area contributed by atoms with Crippen LogP contribution in [0.5, 0.6) is 5.75 Å². The Labute approximate surface area is 104 Å². The van der Waals surface area contributed by atoms with Crippen LogP contribution in [0.4, 0.5) is 0 Å². The zero-order valence-electron chi connectivity index (χ0n) is 11.2. The Morgan fingerprint density at radius 2 is 2.06 bits per heavy atom. The number of phenols is 1. The molecular formula is C15H22O2. The molecule has 0 amide bonds. The summed E-state index contributed by atoms with van der Waals surface area (Å²) >= 11 is 0. The summed E-state index contributed by atoms with van der Waals surface area (Å²) in [4.78, 5) is 0. The lowest BCUT2D eigenvalue weighted by Crippen LogP contribution is -2.04. The summed E-state index contributed by atoms with van der Waals surface area (Å²) in [6.45, 7) is 8.41. The number of hydrogen-bond acceptors (Lipinski definition) is 2. The summed E-state index contributed by atoms with van der Waals surface area (Å²) in [5.41, 5.74) is 2.24. The Balaban J connectivity index is 1.91. The fourth-order valence-electron chi connectivity index (χ4n) is 2.24. The van der Waals surface area contributed by atoms with Gasteiger partial charge in [0.2, 0.25) is 0 Å². The third-order valence-electron chi connectivity index (χ3n) is 3.83. The Morgan fingerprint density at radius 3 is 2.59 bits per heavy atom. The van der Waals surface area contributed by atoms with E-state index < -0.39 is 0 Å². The first kappa shape index (κ1) is 12.4. The van der Waals surface area contributed by atoms with E-state index in [4.69, 9.17) is 4.74 Å². The van der Waals surface area contributed by atoms with Crippen LogP contribution in [-0.4, -0.2) is 16.8 Å². The number of aromatic hydroxyl groups is 1. The number of aryl methyl sites for hydroxylation is 1. The van der Waals surface area contributed by atoms with Crippen molar-refractivity contribution in [1.82, 2.24) is 0 Å². The van der Waals surface area contributed by atoms with Crippen LogP contribution in [0, 0.1) is 6.92 Å². The maximum absolute atomic E-state index is 9.70. The summed E-state index contributed by atoms with van der Waals surface area (Å²) in [5, 5.41) is 9.70. The fourth-order valence-corrected chi connectivity index (χ4v) is 2.24. The predicted octanol–water partition coefficient (Wildman–Crippen LogP) is 3.76. The van der Waals surface area contributed by atoms with E-state index in [1.807, 2.05) is 19.1 Å². The number of rotatable bonds is 4. The lowest BCUT2D eigenvalue weighted by atomic mass is 9.93. The number of phenolic OH excluding ortho intramolecular Hbond substituents is 1. The van der Waals surface area contributed by atoms with Gasteiger partial charge >= 0.3 is 0 Å². The Bertz CT molecular complexity index is 409. The summed E-state index contributed by atoms with van der Waals surface area (Å²) < 4.78 is 5.58. The molecule has 2 nitrogen and oxygen atoms in total. The highest BCUT2D eigenvalue weighted by atomic mass is 16.6. The van der Waals surface area contributed by atoms with Gasteiger partial charge in [-0.2, -0.15) is 0 Å². The Hall–Kier alpha value is -1.02. The quantitative estimate of drug-likeness (QED) is 0.804. The first-order valence-electron chi connectivity index (χ1n) is 6.37. The molecule has 1 aliphatic heterocycles. The van der Waals surface area contributed by atoms with Crippen molar-refractivity contribution < 1.29 is 9.84 Å². The van der Waals surface area contributed by atoms with Gasteiger partial charge in [-0.15, -0.1) is 0 Å². The molecule has 94 valence electrons. The molecule has 1 aliphatic rings. The zero-order chi connectivity index (χ0) is 12.6. The summed E-state index contributed by atoms with van der Waals surface area (Å²) in [6, 6.07) is 5.98. The molecule has 2 atom stereocenters. The van der Waals surface area contributed by atoms with Crippen molar-refractivity contribution in [1.29, 1.82) is 0 Å². The molecule has 1 unspecified atom stereocenters. The molecule has 0 saturated carbocycles. The van der Waals surface area contributed by atoms with Gasteiger partial charge in [0, 0.05) is 0 Å². The summed E-state index contributed by atoms with van der Waals surface area (Å²) in [7, 11) is 0. The normalized spacial score (nSPS) is 23.4. The van der Waals surface area contributed by atoms with Crippen LogP contribution < -0.4 is 0 Å². The number of epoxide rings is 1. The topological polar surface area (TPSA) is 32.8 Å². The predicted molar refractivity (Wildman–Crippen MR) is 69.4 cm³/mol. The van der Waals surface area contributed by atoms with E-state index in [9.17, 15) is 5.11 Å². The van der Waals surface area contributed by atoms with Gasteiger partial charge in [0.25, 0.3) is 0 Å². The largest absolute Gasteiger partial charge is 0.508 e. The van der Waals surface area contributed by atoms with E-state index in [1.165, 1.54) is 5.56 Å². The van der Waals surface area contributed by atoms with Gasteiger partial charge in [0.05, 0.1) is 11.7 Å². The van der Waals surface area contributed by atoms with Crippen molar-refractivity contribution in [2.24, 2.45) is 0 Å². The third-order valence-corrected chi connectivity index (χ3v) is 3.83. The van der Waals surface area contributed by atoms with E-state index in [0.717, 1.165) is 18.4 Å². The van der Waals surface area contributed by atoms with Crippen LogP contribution in [0.3, 0.4) is 0 Å². The second kappa shape index (κ2) is 4.34. The maximum atomic E-state index is 9.70. The van der Waals surface area contributed by atoms with Gasteiger partial charge in [-0.05, 0) is 56.7 Å². The second-order valence-electron chi connectivity index (χ2n) is 5.73. The first-order chi connectivity index (χ1) is 7.90. The molecule has 1 fully saturated rings. The van der Waals surface area contributed by atoms with Crippen LogP contribution in [-0.2, 0) is 4.74 Å². The SMILES string of the molecule is Cc1ccc([C@H](C)CCC2OC2(C)C)cc1O. The molecular weight excluding hydrogens is 212 g/mol. The Kier molecular flexibility index (Phi) is 3.17. The van der Waals surface area contributed by atoms with E-state index in [-0.39, 0.29) is 5.60 Å². The van der Waals surface area contributed by atoms with Gasteiger partial charge in [-0.25, -0.2) is 0 Å². The molecule has 2 heteroatoms. The van der Waals surface area contributed by atoms with Crippen molar-refractivity contribution >= 4 is 0 Å². The molecule has 0 spiro atoms. The minimum absolute atomic E-state index is 0.0924. The maximum Gasteiger partial charge on any atom is 0.118 e. The summed E-state index contributed by atoms with van der Waals surface area (Å²) in [5.74, 6) is 0.874. The average Bonchev–Trinajstić information content (AvgIpc) is 2.87. The number of ether oxygens (including phenoxy) is 1. The van der Waals surface area contributed by atoms with Crippen molar-refractivity contribution in [3.63, 3.8) is 0 Å². The van der Waals surface area contributed by atoms with Gasteiger partial charge in [-0.1, -0.05) is 19.1 Å². The molecule has 17 heavy (non-hydrogen) atoms. The lowest BCUT2D eigenvalue weighted by Gasteiger charge is -2.12. The van der Waals surface area contributed by atoms with Crippen LogP contribution in [0.2, 0.25) is 0 Å². The summed E-state index contributed by atoms with van der Waals surface area (Å²) in [6.07, 6.45) is 2.63. The van der Waals surface area contributed by atoms with E-state index in [0.29, 0.717) is 17.8 Å². The van der Waals surface area contributed by atoms with Crippen molar-refractivity contribution in [2.45, 2.75) is 58.2 Å². The molecule has 0 aromatic heterocycles. The molecule has 0 aliphatic carbocycles. The number of benzene rings is 1. The molecule has 1 N–H and O–H groups in total. The minimum atomic E-state index is 0.0924. The first-order valence-corrected chi connectivity index (χ1v) is 6.37. The van der Waals surface area contributed by atoms with E-state index in [2.05, 4.69) is 26.8 Å². The minimum Gasteiger partial charge on any atom is -0.508 e. The second-order valence-corrected chi connectivity index (χ2v) is 5.73. The van der Waals surface area contributed by atoms with Gasteiger partial charge in [0.1, 0.15) is 5.75 Å². The highest BCUT2D eigenvalue weighted by Gasteiger charge is 2.46. The van der Waals surface area contributed by atoms with Crippen LogP contribution >= 0.6 is 0 Å². The van der Waals surface area contributed by atoms with Crippen LogP contribution in [0.1, 0.15) is 50.7 Å². The van der Waals surface area contributed by atoms with Crippen molar-refractivity contribution in [3.05, 3.63) is 29.3 Å². The smallest absolute Gasteiger partial charge is 0.118 e. The third kappa shape index (κ3) is 2.81. The molecule has 2 rings (SSSR count). The number of hydrogen-bond donors (Lipinski definition) is 1. The van der Waals surface area contributed by atoms with E-state index >= 15 is 0 Å². The zero-order valence-corrected chi connectivity index (χ0v) is 11.2. The van der Waals surface area contributed by atoms with Crippen molar-refractivity contribution in [3.8, 4) is 5.75 Å². The van der Waals surface area contributed by atoms with Crippen LogP contribution in [0.25, 0.3) is 0 Å². The molecule has 0 radical (unpaired) electrons. The van der Waals surface area contributed by atoms with E-state index in [1.54, 1.807) is 0 Å². The monoisotopic (exact) mass is 234 g/mol.